The Balaban J connectivity index is 1.87. The zero-order chi connectivity index (χ0) is 22.3. The molecule has 2 unspecified atom stereocenters. The van der Waals surface area contributed by atoms with Gasteiger partial charge in [0.05, 0.1) is 27.3 Å². The molecule has 5 nitrogen and oxygen atoms in total. The zero-order valence-electron chi connectivity index (χ0n) is 16.5. The number of para-hydroxylation sites is 1. The van der Waals surface area contributed by atoms with Crippen molar-refractivity contribution in [3.8, 4) is 0 Å². The Hall–Kier alpha value is -2.09. The number of benzene rings is 2. The molecule has 1 amide bonds. The maximum absolute atomic E-state index is 13.0. The van der Waals surface area contributed by atoms with E-state index in [0.29, 0.717) is 51.6 Å². The van der Waals surface area contributed by atoms with Crippen LogP contribution in [0.3, 0.4) is 0 Å². The topological polar surface area (TPSA) is 50.2 Å². The van der Waals surface area contributed by atoms with Gasteiger partial charge in [0.1, 0.15) is 5.52 Å². The Morgan fingerprint density at radius 1 is 1.23 bits per heavy atom. The first-order chi connectivity index (χ1) is 14.8. The van der Waals surface area contributed by atoms with Gasteiger partial charge in [0, 0.05) is 17.6 Å². The van der Waals surface area contributed by atoms with Crippen LogP contribution in [0.1, 0.15) is 19.8 Å². The van der Waals surface area contributed by atoms with Crippen LogP contribution in [0.15, 0.2) is 36.4 Å². The molecule has 0 radical (unpaired) electrons. The van der Waals surface area contributed by atoms with Crippen LogP contribution in [-0.2, 0) is 11.3 Å². The molecular formula is C21H19Cl3F2N4O. The number of anilines is 2. The van der Waals surface area contributed by atoms with Crippen LogP contribution < -0.4 is 10.2 Å². The van der Waals surface area contributed by atoms with E-state index in [9.17, 15) is 13.6 Å². The Morgan fingerprint density at radius 2 is 2.00 bits per heavy atom. The first-order valence-electron chi connectivity index (χ1n) is 9.79. The summed E-state index contributed by atoms with van der Waals surface area (Å²) in [6, 6.07) is 9.72. The summed E-state index contributed by atoms with van der Waals surface area (Å²) in [5, 5.41) is 3.85. The van der Waals surface area contributed by atoms with Crippen molar-refractivity contribution >= 4 is 63.4 Å². The summed E-state index contributed by atoms with van der Waals surface area (Å²) >= 11 is 19.0. The van der Waals surface area contributed by atoms with Gasteiger partial charge in [0.15, 0.2) is 0 Å². The van der Waals surface area contributed by atoms with Crippen LogP contribution >= 0.6 is 34.8 Å². The molecule has 1 N–H and O–H groups in total. The third-order valence-corrected chi connectivity index (χ3v) is 6.35. The van der Waals surface area contributed by atoms with Gasteiger partial charge in [-0.15, -0.1) is 0 Å². The molecule has 4 rings (SSSR count). The van der Waals surface area contributed by atoms with Gasteiger partial charge in [0.25, 0.3) is 5.91 Å². The van der Waals surface area contributed by atoms with Gasteiger partial charge >= 0.3 is 6.43 Å². The van der Waals surface area contributed by atoms with E-state index in [1.165, 1.54) is 0 Å². The Labute approximate surface area is 192 Å². The number of nitrogens with one attached hydrogen (secondary N) is 1. The van der Waals surface area contributed by atoms with Gasteiger partial charge in [0.2, 0.25) is 5.95 Å². The number of carbonyl (C=O) groups is 1. The minimum Gasteiger partial charge on any atom is -0.346 e. The number of hydrogen-bond donors (Lipinski definition) is 1. The molecule has 0 spiro atoms. The lowest BCUT2D eigenvalue weighted by Crippen LogP contribution is -2.54. The molecule has 1 aromatic heterocycles. The highest BCUT2D eigenvalue weighted by Crippen LogP contribution is 2.41. The van der Waals surface area contributed by atoms with Crippen molar-refractivity contribution in [2.75, 3.05) is 4.90 Å². The molecule has 31 heavy (non-hydrogen) atoms. The SMILES string of the molecule is CCC(NC(=O)C(F)F)C1CCn2c(nc3c(Cl)cccc32)N1c1ccc(Cl)cc1Cl. The summed E-state index contributed by atoms with van der Waals surface area (Å²) in [6.45, 7) is 2.42. The van der Waals surface area contributed by atoms with Gasteiger partial charge < -0.3 is 14.8 Å². The van der Waals surface area contributed by atoms with Crippen LogP contribution in [-0.4, -0.2) is 34.0 Å². The second-order valence-electron chi connectivity index (χ2n) is 7.32. The summed E-state index contributed by atoms with van der Waals surface area (Å²) in [6.07, 6.45) is -2.06. The highest BCUT2D eigenvalue weighted by atomic mass is 35.5. The molecule has 0 saturated heterocycles. The van der Waals surface area contributed by atoms with Crippen LogP contribution in [0.2, 0.25) is 15.1 Å². The van der Waals surface area contributed by atoms with Crippen molar-refractivity contribution in [1.29, 1.82) is 0 Å². The quantitative estimate of drug-likeness (QED) is 0.475. The highest BCUT2D eigenvalue weighted by Gasteiger charge is 2.37. The van der Waals surface area contributed by atoms with Gasteiger partial charge in [-0.3, -0.25) is 4.79 Å². The second kappa shape index (κ2) is 8.81. The monoisotopic (exact) mass is 486 g/mol. The van der Waals surface area contributed by atoms with Gasteiger partial charge in [-0.05, 0) is 43.2 Å². The number of hydrogen-bond acceptors (Lipinski definition) is 3. The number of fused-ring (bicyclic) bond motifs is 3. The number of aromatic nitrogens is 2. The maximum atomic E-state index is 13.0. The molecule has 164 valence electrons. The van der Waals surface area contributed by atoms with Crippen LogP contribution in [0.25, 0.3) is 11.0 Å². The molecule has 2 atom stereocenters. The molecule has 1 aliphatic rings. The number of halogens is 5. The van der Waals surface area contributed by atoms with Gasteiger partial charge in [-0.2, -0.15) is 8.78 Å². The molecule has 0 fully saturated rings. The van der Waals surface area contributed by atoms with E-state index in [2.05, 4.69) is 5.32 Å². The summed E-state index contributed by atoms with van der Waals surface area (Å²) in [4.78, 5) is 18.4. The van der Waals surface area contributed by atoms with Gasteiger partial charge in [-0.25, -0.2) is 4.98 Å². The molecule has 10 heteroatoms. The third-order valence-electron chi connectivity index (χ3n) is 5.50. The van der Waals surface area contributed by atoms with Crippen molar-refractivity contribution < 1.29 is 13.6 Å². The lowest BCUT2D eigenvalue weighted by molar-refractivity contribution is -0.132. The van der Waals surface area contributed by atoms with Gasteiger partial charge in [-0.1, -0.05) is 47.8 Å². The standard InChI is InChI=1S/C21H19Cl3F2N4O/c1-2-14(27-20(31)19(25)26)16-8-9-29-17-5-3-4-12(23)18(17)28-21(29)30(16)15-7-6-11(22)10-13(15)24/h3-7,10,14,16,19H,2,8-9H2,1H3,(H,27,31). The van der Waals surface area contributed by atoms with Crippen LogP contribution in [0, 0.1) is 0 Å². The van der Waals surface area contributed by atoms with Crippen molar-refractivity contribution in [2.24, 2.45) is 0 Å². The number of nitrogens with zero attached hydrogens (tertiary/aromatic N) is 3. The summed E-state index contributed by atoms with van der Waals surface area (Å²) in [5.74, 6) is -0.718. The second-order valence-corrected chi connectivity index (χ2v) is 8.57. The van der Waals surface area contributed by atoms with Crippen molar-refractivity contribution in [2.45, 2.75) is 44.8 Å². The van der Waals surface area contributed by atoms with Crippen LogP contribution in [0.5, 0.6) is 0 Å². The first-order valence-corrected chi connectivity index (χ1v) is 10.9. The number of aryl methyl sites for hydroxylation is 1. The normalized spacial score (nSPS) is 17.1. The fourth-order valence-corrected chi connectivity index (χ4v) is 4.82. The zero-order valence-corrected chi connectivity index (χ0v) is 18.7. The minimum absolute atomic E-state index is 0.352. The molecule has 2 heterocycles. The lowest BCUT2D eigenvalue weighted by Gasteiger charge is -2.41. The molecule has 3 aromatic rings. The average molecular weight is 488 g/mol. The van der Waals surface area contributed by atoms with E-state index in [4.69, 9.17) is 39.8 Å². The number of imidazole rings is 1. The largest absolute Gasteiger partial charge is 0.346 e. The predicted molar refractivity (Wildman–Crippen MR) is 120 cm³/mol. The van der Waals surface area contributed by atoms with E-state index in [1.807, 2.05) is 28.5 Å². The Morgan fingerprint density at radius 3 is 2.68 bits per heavy atom. The molecular weight excluding hydrogens is 469 g/mol. The number of alkyl halides is 2. The number of amides is 1. The summed E-state index contributed by atoms with van der Waals surface area (Å²) in [5.41, 5.74) is 2.12. The molecule has 0 aliphatic carbocycles. The number of rotatable bonds is 5. The van der Waals surface area contributed by atoms with E-state index in [0.717, 1.165) is 5.52 Å². The average Bonchev–Trinajstić information content (AvgIpc) is 3.12. The Bertz CT molecular complexity index is 1140. The summed E-state index contributed by atoms with van der Waals surface area (Å²) < 4.78 is 27.9. The molecule has 2 aromatic carbocycles. The van der Waals surface area contributed by atoms with Crippen molar-refractivity contribution in [3.63, 3.8) is 0 Å². The molecule has 1 aliphatic heterocycles. The number of carbonyl (C=O) groups excluding carboxylic acids is 1. The van der Waals surface area contributed by atoms with Crippen molar-refractivity contribution in [1.82, 2.24) is 14.9 Å². The van der Waals surface area contributed by atoms with E-state index >= 15 is 0 Å². The molecule has 0 bridgehead atoms. The lowest BCUT2D eigenvalue weighted by atomic mass is 9.98. The maximum Gasteiger partial charge on any atom is 0.315 e. The first kappa shape index (κ1) is 22.1. The minimum atomic E-state index is -3.09. The smallest absolute Gasteiger partial charge is 0.315 e. The summed E-state index contributed by atoms with van der Waals surface area (Å²) in [7, 11) is 0. The third kappa shape index (κ3) is 4.06. The van der Waals surface area contributed by atoms with Crippen LogP contribution in [0.4, 0.5) is 20.4 Å². The molecule has 0 saturated carbocycles. The fraction of sp³-hybridized carbons (Fsp3) is 0.333. The Kier molecular flexibility index (Phi) is 6.28. The predicted octanol–water partition coefficient (Wildman–Crippen LogP) is 6.07. The van der Waals surface area contributed by atoms with E-state index < -0.39 is 18.4 Å². The highest BCUT2D eigenvalue weighted by molar-refractivity contribution is 6.36. The van der Waals surface area contributed by atoms with E-state index in [-0.39, 0.29) is 6.04 Å². The fourth-order valence-electron chi connectivity index (χ4n) is 4.10. The van der Waals surface area contributed by atoms with Crippen molar-refractivity contribution in [3.05, 3.63) is 51.5 Å². The van der Waals surface area contributed by atoms with E-state index in [1.54, 1.807) is 24.3 Å².